The summed E-state index contributed by atoms with van der Waals surface area (Å²) in [6, 6.07) is 82.2. The number of nitrogens with zero attached hydrogens (tertiary/aromatic N) is 4. The van der Waals surface area contributed by atoms with E-state index >= 15 is 0 Å². The van der Waals surface area contributed by atoms with Crippen molar-refractivity contribution in [3.8, 4) is 73.2 Å². The highest BCUT2D eigenvalue weighted by molar-refractivity contribution is 7.26. The van der Waals surface area contributed by atoms with Crippen molar-refractivity contribution in [2.24, 2.45) is 0 Å². The maximum atomic E-state index is 5.42. The normalized spacial score (nSPS) is 11.6. The van der Waals surface area contributed by atoms with Crippen LogP contribution in [0.5, 0.6) is 0 Å². The number of hydrogen-bond donors (Lipinski definition) is 0. The van der Waals surface area contributed by atoms with Crippen LogP contribution in [0.15, 0.2) is 231 Å². The number of hydrogen-bond acceptors (Lipinski definition) is 4. The lowest BCUT2D eigenvalue weighted by Crippen LogP contribution is -2.03. The predicted octanol–water partition coefficient (Wildman–Crippen LogP) is 16.5. The van der Waals surface area contributed by atoms with Crippen LogP contribution >= 0.6 is 11.3 Å². The van der Waals surface area contributed by atoms with E-state index in [1.54, 1.807) is 0 Å². The maximum Gasteiger partial charge on any atom is 0.164 e. The number of rotatable bonds is 7. The number of benzene rings is 10. The molecule has 13 aromatic rings. The molecule has 0 radical (unpaired) electrons. The second kappa shape index (κ2) is 15.6. The fourth-order valence-corrected chi connectivity index (χ4v) is 11.0. The van der Waals surface area contributed by atoms with E-state index < -0.39 is 0 Å². The lowest BCUT2D eigenvalue weighted by molar-refractivity contribution is 1.07. The highest BCUT2D eigenvalue weighted by Gasteiger charge is 2.22. The van der Waals surface area contributed by atoms with E-state index in [1.807, 2.05) is 23.5 Å². The first-order valence-corrected chi connectivity index (χ1v) is 23.1. The molecule has 5 heteroatoms. The SMILES string of the molecule is c1ccc(-c2ccccc2-c2nc(-c3ccc(-n4c5ccccc5c5cc6ccccc6cc54)c(-c4cccc5c4sc4ccccc45)c3)nc(-c3ccccc3-c3ccccc3)n2)cc1. The molecule has 0 atom stereocenters. The van der Waals surface area contributed by atoms with Gasteiger partial charge < -0.3 is 4.57 Å². The van der Waals surface area contributed by atoms with E-state index in [2.05, 4.69) is 223 Å². The maximum absolute atomic E-state index is 5.42. The standard InChI is InChI=1S/C61H38N4S/c1-3-18-39(19-4-1)44-24-9-11-28-50(44)60-62-59(63-61(64-60)51-29-12-10-25-45(51)40-20-5-2-6-21-40)43-34-35-55(53(37-43)49-31-17-30-48-47-27-14-16-33-57(47)66-58(48)49)65-54-32-15-13-26-46(54)52-36-41-22-7-8-23-42(41)38-56(52)65/h1-38H. The first kappa shape index (κ1) is 38.0. The van der Waals surface area contributed by atoms with Crippen molar-refractivity contribution >= 4 is 64.1 Å². The highest BCUT2D eigenvalue weighted by atomic mass is 32.1. The molecule has 0 bridgehead atoms. The summed E-state index contributed by atoms with van der Waals surface area (Å²) in [6.45, 7) is 0. The Kier molecular flexibility index (Phi) is 9.00. The summed E-state index contributed by atoms with van der Waals surface area (Å²) in [7, 11) is 0. The summed E-state index contributed by atoms with van der Waals surface area (Å²) in [6.07, 6.45) is 0. The van der Waals surface area contributed by atoms with Gasteiger partial charge in [-0.15, -0.1) is 11.3 Å². The van der Waals surface area contributed by atoms with Crippen molar-refractivity contribution in [2.75, 3.05) is 0 Å². The van der Waals surface area contributed by atoms with Crippen LogP contribution in [0, 0.1) is 0 Å². The topological polar surface area (TPSA) is 43.6 Å². The average molecular weight is 859 g/mol. The molecule has 3 aromatic heterocycles. The van der Waals surface area contributed by atoms with E-state index in [4.69, 9.17) is 15.0 Å². The Bertz CT molecular complexity index is 3900. The lowest BCUT2D eigenvalue weighted by Gasteiger charge is -2.17. The van der Waals surface area contributed by atoms with Crippen molar-refractivity contribution < 1.29 is 0 Å². The molecular formula is C61H38N4S. The zero-order valence-corrected chi connectivity index (χ0v) is 36.5. The smallest absolute Gasteiger partial charge is 0.164 e. The second-order valence-corrected chi connectivity index (χ2v) is 17.8. The molecule has 0 N–H and O–H groups in total. The molecule has 66 heavy (non-hydrogen) atoms. The van der Waals surface area contributed by atoms with Gasteiger partial charge in [-0.25, -0.2) is 15.0 Å². The zero-order valence-electron chi connectivity index (χ0n) is 35.6. The Labute approximate surface area is 385 Å². The molecule has 0 aliphatic rings. The Morgan fingerprint density at radius 3 is 1.53 bits per heavy atom. The van der Waals surface area contributed by atoms with Crippen LogP contribution < -0.4 is 0 Å². The molecule has 0 aliphatic heterocycles. The Morgan fingerprint density at radius 1 is 0.303 bits per heavy atom. The van der Waals surface area contributed by atoms with E-state index in [-0.39, 0.29) is 0 Å². The van der Waals surface area contributed by atoms with Gasteiger partial charge in [0.25, 0.3) is 0 Å². The van der Waals surface area contributed by atoms with Crippen LogP contribution in [0.25, 0.3) is 126 Å². The molecule has 3 heterocycles. The van der Waals surface area contributed by atoms with Crippen molar-refractivity contribution in [1.29, 1.82) is 0 Å². The van der Waals surface area contributed by atoms with Gasteiger partial charge >= 0.3 is 0 Å². The molecule has 0 saturated heterocycles. The van der Waals surface area contributed by atoms with Crippen LogP contribution in [0.1, 0.15) is 0 Å². The van der Waals surface area contributed by atoms with Gasteiger partial charge in [-0.05, 0) is 75.5 Å². The number of fused-ring (bicyclic) bond motifs is 7. The van der Waals surface area contributed by atoms with E-state index in [0.29, 0.717) is 17.5 Å². The van der Waals surface area contributed by atoms with Crippen molar-refractivity contribution in [1.82, 2.24) is 19.5 Å². The van der Waals surface area contributed by atoms with Gasteiger partial charge in [0.1, 0.15) is 0 Å². The van der Waals surface area contributed by atoms with Gasteiger partial charge in [0.05, 0.1) is 16.7 Å². The van der Waals surface area contributed by atoms with Gasteiger partial charge in [0.15, 0.2) is 17.5 Å². The van der Waals surface area contributed by atoms with Crippen LogP contribution in [-0.4, -0.2) is 19.5 Å². The first-order chi connectivity index (χ1) is 32.7. The highest BCUT2D eigenvalue weighted by Crippen LogP contribution is 2.45. The van der Waals surface area contributed by atoms with E-state index in [9.17, 15) is 0 Å². The molecular weight excluding hydrogens is 821 g/mol. The third-order valence-corrected chi connectivity index (χ3v) is 14.1. The fraction of sp³-hybridized carbons (Fsp3) is 0. The molecule has 4 nitrogen and oxygen atoms in total. The van der Waals surface area contributed by atoms with Crippen LogP contribution in [0.4, 0.5) is 0 Å². The van der Waals surface area contributed by atoms with Crippen LogP contribution in [-0.2, 0) is 0 Å². The Morgan fingerprint density at radius 2 is 0.833 bits per heavy atom. The first-order valence-electron chi connectivity index (χ1n) is 22.3. The van der Waals surface area contributed by atoms with Gasteiger partial charge in [-0.3, -0.25) is 0 Å². The predicted molar refractivity (Wildman–Crippen MR) is 277 cm³/mol. The van der Waals surface area contributed by atoms with Crippen molar-refractivity contribution in [3.05, 3.63) is 231 Å². The summed E-state index contributed by atoms with van der Waals surface area (Å²) in [5.74, 6) is 1.83. The lowest BCUT2D eigenvalue weighted by atomic mass is 9.97. The van der Waals surface area contributed by atoms with Crippen LogP contribution in [0.2, 0.25) is 0 Å². The van der Waals surface area contributed by atoms with Gasteiger partial charge in [-0.2, -0.15) is 0 Å². The monoisotopic (exact) mass is 858 g/mol. The summed E-state index contributed by atoms with van der Waals surface area (Å²) < 4.78 is 4.97. The van der Waals surface area contributed by atoms with Gasteiger partial charge in [0.2, 0.25) is 0 Å². The summed E-state index contributed by atoms with van der Waals surface area (Å²) in [4.78, 5) is 16.2. The third kappa shape index (κ3) is 6.32. The fourth-order valence-electron chi connectivity index (χ4n) is 9.80. The molecule has 0 saturated carbocycles. The largest absolute Gasteiger partial charge is 0.309 e. The third-order valence-electron chi connectivity index (χ3n) is 12.9. The molecule has 308 valence electrons. The minimum Gasteiger partial charge on any atom is -0.309 e. The molecule has 0 unspecified atom stereocenters. The van der Waals surface area contributed by atoms with E-state index in [1.165, 1.54) is 41.7 Å². The minimum atomic E-state index is 0.602. The van der Waals surface area contributed by atoms with Gasteiger partial charge in [-0.1, -0.05) is 188 Å². The zero-order chi connectivity index (χ0) is 43.6. The Balaban J connectivity index is 1.11. The number of aromatic nitrogens is 4. The quantitative estimate of drug-likeness (QED) is 0.160. The second-order valence-electron chi connectivity index (χ2n) is 16.7. The summed E-state index contributed by atoms with van der Waals surface area (Å²) >= 11 is 1.85. The minimum absolute atomic E-state index is 0.602. The van der Waals surface area contributed by atoms with Crippen molar-refractivity contribution in [2.45, 2.75) is 0 Å². The molecule has 10 aromatic carbocycles. The molecule has 0 spiro atoms. The molecule has 0 aliphatic carbocycles. The number of para-hydroxylation sites is 1. The van der Waals surface area contributed by atoms with Crippen molar-refractivity contribution in [3.63, 3.8) is 0 Å². The van der Waals surface area contributed by atoms with Crippen LogP contribution in [0.3, 0.4) is 0 Å². The molecule has 0 fully saturated rings. The Hall–Kier alpha value is -8.51. The van der Waals surface area contributed by atoms with Gasteiger partial charge in [0, 0.05) is 58.8 Å². The number of thiophene rings is 1. The summed E-state index contributed by atoms with van der Waals surface area (Å²) in [5, 5.41) is 7.38. The summed E-state index contributed by atoms with van der Waals surface area (Å²) in [5.41, 5.74) is 12.8. The average Bonchev–Trinajstić information content (AvgIpc) is 3.93. The molecule has 0 amide bonds. The van der Waals surface area contributed by atoms with E-state index in [0.717, 1.165) is 66.8 Å². The molecule has 13 rings (SSSR count).